The fourth-order valence-corrected chi connectivity index (χ4v) is 2.07. The molecule has 9 heteroatoms. The summed E-state index contributed by atoms with van der Waals surface area (Å²) in [4.78, 5) is 11.5. The zero-order valence-corrected chi connectivity index (χ0v) is 12.9. The Balaban J connectivity index is 2.31. The third-order valence-electron chi connectivity index (χ3n) is 3.17. The van der Waals surface area contributed by atoms with Crippen molar-refractivity contribution in [2.75, 3.05) is 18.9 Å². The van der Waals surface area contributed by atoms with Gasteiger partial charge < -0.3 is 15.7 Å². The van der Waals surface area contributed by atoms with Gasteiger partial charge in [-0.3, -0.25) is 4.79 Å². The quantitative estimate of drug-likeness (QED) is 0.795. The van der Waals surface area contributed by atoms with Crippen molar-refractivity contribution in [1.82, 2.24) is 15.5 Å². The average Bonchev–Trinajstić information content (AvgIpc) is 2.47. The summed E-state index contributed by atoms with van der Waals surface area (Å²) in [5.74, 6) is -0.645. The molecule has 24 heavy (non-hydrogen) atoms. The Morgan fingerprint density at radius 3 is 2.50 bits per heavy atom. The fourth-order valence-electron chi connectivity index (χ4n) is 2.07. The highest BCUT2D eigenvalue weighted by atomic mass is 19.4. The summed E-state index contributed by atoms with van der Waals surface area (Å²) in [6.07, 6.45) is -4.54. The first-order valence-electron chi connectivity index (χ1n) is 6.91. The highest BCUT2D eigenvalue weighted by Crippen LogP contribution is 2.36. The van der Waals surface area contributed by atoms with Gasteiger partial charge in [0.25, 0.3) is 0 Å². The van der Waals surface area contributed by atoms with Crippen LogP contribution in [0, 0.1) is 6.92 Å². The molecule has 3 N–H and O–H groups in total. The van der Waals surface area contributed by atoms with Gasteiger partial charge in [-0.15, -0.1) is 10.2 Å². The minimum atomic E-state index is -4.54. The molecule has 0 aliphatic heterocycles. The summed E-state index contributed by atoms with van der Waals surface area (Å²) < 4.78 is 37.9. The maximum Gasteiger partial charge on any atom is 0.416 e. The summed E-state index contributed by atoms with van der Waals surface area (Å²) in [5.41, 5.74) is -0.0564. The van der Waals surface area contributed by atoms with Gasteiger partial charge >= 0.3 is 6.18 Å². The van der Waals surface area contributed by atoms with Crippen LogP contribution in [0.4, 0.5) is 19.0 Å². The molecule has 0 saturated carbocycles. The van der Waals surface area contributed by atoms with E-state index < -0.39 is 17.5 Å². The van der Waals surface area contributed by atoms with E-state index in [9.17, 15) is 23.1 Å². The predicted octanol–water partition coefficient (Wildman–Crippen LogP) is 2.33. The Hall–Kier alpha value is -2.68. The number of hydrogen-bond acceptors (Lipinski definition) is 5. The summed E-state index contributed by atoms with van der Waals surface area (Å²) in [6.45, 7) is 1.75. The number of carbonyl (C=O) groups is 1. The molecule has 0 atom stereocenters. The lowest BCUT2D eigenvalue weighted by molar-refractivity contribution is -0.137. The van der Waals surface area contributed by atoms with Crippen LogP contribution in [-0.2, 0) is 11.0 Å². The molecule has 2 rings (SSSR count). The van der Waals surface area contributed by atoms with E-state index in [-0.39, 0.29) is 29.5 Å². The topological polar surface area (TPSA) is 87.1 Å². The van der Waals surface area contributed by atoms with Crippen molar-refractivity contribution in [3.8, 4) is 17.0 Å². The zero-order valence-electron chi connectivity index (χ0n) is 12.9. The van der Waals surface area contributed by atoms with Gasteiger partial charge in [0.2, 0.25) is 5.91 Å². The summed E-state index contributed by atoms with van der Waals surface area (Å²) in [5, 5.41) is 22.8. The van der Waals surface area contributed by atoms with Crippen molar-refractivity contribution < 1.29 is 23.1 Å². The number of alkyl halides is 3. The molecule has 6 nitrogen and oxygen atoms in total. The number of likely N-dealkylation sites (N-methyl/N-ethyl adjacent to an activating group) is 1. The molecule has 0 bridgehead atoms. The Bertz CT molecular complexity index is 763. The van der Waals surface area contributed by atoms with Crippen LogP contribution in [0.1, 0.15) is 11.1 Å². The van der Waals surface area contributed by atoms with Crippen molar-refractivity contribution in [2.45, 2.75) is 13.1 Å². The number of aromatic nitrogens is 2. The van der Waals surface area contributed by atoms with Crippen LogP contribution in [-0.4, -0.2) is 34.8 Å². The lowest BCUT2D eigenvalue weighted by atomic mass is 10.0. The van der Waals surface area contributed by atoms with Gasteiger partial charge in [0.05, 0.1) is 17.8 Å². The maximum absolute atomic E-state index is 12.6. The number of carbonyl (C=O) groups excluding carboxylic acids is 1. The third kappa shape index (κ3) is 3.99. The van der Waals surface area contributed by atoms with Gasteiger partial charge in [0, 0.05) is 5.56 Å². The monoisotopic (exact) mass is 340 g/mol. The molecule has 1 amide bonds. The number of halogens is 3. The number of anilines is 1. The van der Waals surface area contributed by atoms with E-state index >= 15 is 0 Å². The number of phenols is 1. The number of aryl methyl sites for hydroxylation is 1. The number of nitrogens with zero attached hydrogens (tertiary/aromatic N) is 2. The van der Waals surface area contributed by atoms with E-state index in [1.165, 1.54) is 6.07 Å². The number of nitrogens with one attached hydrogen (secondary N) is 2. The van der Waals surface area contributed by atoms with E-state index in [4.69, 9.17) is 0 Å². The van der Waals surface area contributed by atoms with Crippen LogP contribution in [0.3, 0.4) is 0 Å². The second kappa shape index (κ2) is 6.83. The average molecular weight is 340 g/mol. The second-order valence-corrected chi connectivity index (χ2v) is 5.07. The SMILES string of the molecule is CNCC(=O)Nc1cc(C)c(-c2ccc(C(F)(F)F)cc2O)nn1. The Morgan fingerprint density at radius 1 is 1.25 bits per heavy atom. The van der Waals surface area contributed by atoms with Crippen LogP contribution in [0.5, 0.6) is 5.75 Å². The minimum absolute atomic E-state index is 0.0994. The number of amides is 1. The Kier molecular flexibility index (Phi) is 5.03. The van der Waals surface area contributed by atoms with Gasteiger partial charge in [-0.25, -0.2) is 0 Å². The zero-order chi connectivity index (χ0) is 17.9. The van der Waals surface area contributed by atoms with Gasteiger partial charge in [-0.1, -0.05) is 0 Å². The first-order valence-corrected chi connectivity index (χ1v) is 6.91. The predicted molar refractivity (Wildman–Crippen MR) is 81.4 cm³/mol. The van der Waals surface area contributed by atoms with Crippen LogP contribution >= 0.6 is 0 Å². The molecule has 128 valence electrons. The molecule has 0 radical (unpaired) electrons. The van der Waals surface area contributed by atoms with Crippen molar-refractivity contribution >= 4 is 11.7 Å². The number of rotatable bonds is 4. The maximum atomic E-state index is 12.6. The number of hydrogen-bond donors (Lipinski definition) is 3. The second-order valence-electron chi connectivity index (χ2n) is 5.07. The molecule has 1 heterocycles. The van der Waals surface area contributed by atoms with Crippen molar-refractivity contribution in [3.05, 3.63) is 35.4 Å². The van der Waals surface area contributed by atoms with Crippen LogP contribution < -0.4 is 10.6 Å². The summed E-state index contributed by atoms with van der Waals surface area (Å²) in [7, 11) is 1.62. The van der Waals surface area contributed by atoms with Crippen molar-refractivity contribution in [1.29, 1.82) is 0 Å². The first kappa shape index (κ1) is 17.7. The molecule has 0 fully saturated rings. The molecule has 0 saturated heterocycles. The van der Waals surface area contributed by atoms with Crippen molar-refractivity contribution in [2.24, 2.45) is 0 Å². The lowest BCUT2D eigenvalue weighted by Crippen LogP contribution is -2.25. The molecule has 0 spiro atoms. The molecule has 1 aromatic heterocycles. The van der Waals surface area contributed by atoms with E-state index in [2.05, 4.69) is 20.8 Å². The molecule has 2 aromatic rings. The molecule has 0 aliphatic carbocycles. The number of aromatic hydroxyl groups is 1. The van der Waals surface area contributed by atoms with Crippen molar-refractivity contribution in [3.63, 3.8) is 0 Å². The lowest BCUT2D eigenvalue weighted by Gasteiger charge is -2.11. The Labute approximate surface area is 135 Å². The number of phenolic OH excluding ortho intramolecular Hbond substituents is 1. The van der Waals surface area contributed by atoms with Gasteiger partial charge in [-0.05, 0) is 43.8 Å². The summed E-state index contributed by atoms with van der Waals surface area (Å²) >= 11 is 0. The number of benzene rings is 1. The normalized spacial score (nSPS) is 11.4. The molecule has 0 unspecified atom stereocenters. The molecular weight excluding hydrogens is 325 g/mol. The first-order chi connectivity index (χ1) is 11.2. The Morgan fingerprint density at radius 2 is 1.96 bits per heavy atom. The third-order valence-corrected chi connectivity index (χ3v) is 3.17. The molecule has 1 aromatic carbocycles. The highest BCUT2D eigenvalue weighted by molar-refractivity contribution is 5.91. The van der Waals surface area contributed by atoms with E-state index in [1.54, 1.807) is 14.0 Å². The minimum Gasteiger partial charge on any atom is -0.507 e. The highest BCUT2D eigenvalue weighted by Gasteiger charge is 2.31. The van der Waals surface area contributed by atoms with E-state index in [0.29, 0.717) is 11.6 Å². The molecular formula is C15H15F3N4O2. The largest absolute Gasteiger partial charge is 0.507 e. The smallest absolute Gasteiger partial charge is 0.416 e. The van der Waals surface area contributed by atoms with Gasteiger partial charge in [-0.2, -0.15) is 13.2 Å². The van der Waals surface area contributed by atoms with Crippen LogP contribution in [0.15, 0.2) is 24.3 Å². The van der Waals surface area contributed by atoms with E-state index in [1.807, 2.05) is 0 Å². The van der Waals surface area contributed by atoms with Crippen LogP contribution in [0.25, 0.3) is 11.3 Å². The van der Waals surface area contributed by atoms with Gasteiger partial charge in [0.1, 0.15) is 5.75 Å². The standard InChI is InChI=1S/C15H15F3N4O2/c1-8-5-12(20-13(24)7-19-2)21-22-14(8)10-4-3-9(6-11(10)23)15(16,17)18/h3-6,19,23H,7H2,1-2H3,(H,20,21,24). The van der Waals surface area contributed by atoms with Gasteiger partial charge in [0.15, 0.2) is 5.82 Å². The van der Waals surface area contributed by atoms with E-state index in [0.717, 1.165) is 12.1 Å². The fraction of sp³-hybridized carbons (Fsp3) is 0.267. The summed E-state index contributed by atoms with van der Waals surface area (Å²) in [6, 6.07) is 4.15. The molecule has 0 aliphatic rings. The van der Waals surface area contributed by atoms with Crippen LogP contribution in [0.2, 0.25) is 0 Å².